The van der Waals surface area contributed by atoms with Crippen molar-refractivity contribution in [2.45, 2.75) is 38.5 Å². The van der Waals surface area contributed by atoms with Crippen LogP contribution in [0.3, 0.4) is 0 Å². The second-order valence-corrected chi connectivity index (χ2v) is 6.33. The maximum atomic E-state index is 13.6. The highest BCUT2D eigenvalue weighted by atomic mass is 35.5. The smallest absolute Gasteiger partial charge is 0.315 e. The fourth-order valence-corrected chi connectivity index (χ4v) is 2.59. The normalized spacial score (nSPS) is 23.3. The van der Waals surface area contributed by atoms with Crippen LogP contribution in [-0.2, 0) is 4.74 Å². The molecular weight excluding hydrogens is 323 g/mol. The first-order valence-corrected chi connectivity index (χ1v) is 8.04. The Morgan fingerprint density at radius 2 is 2.26 bits per heavy atom. The van der Waals surface area contributed by atoms with Gasteiger partial charge in [-0.3, -0.25) is 0 Å². The summed E-state index contributed by atoms with van der Waals surface area (Å²) in [5.41, 5.74) is 0.645. The lowest BCUT2D eigenvalue weighted by molar-refractivity contribution is 0.0994. The molecule has 0 bridgehead atoms. The molecule has 2 amide bonds. The van der Waals surface area contributed by atoms with Crippen molar-refractivity contribution in [3.05, 3.63) is 34.6 Å². The van der Waals surface area contributed by atoms with Crippen molar-refractivity contribution in [3.8, 4) is 0 Å². The molecule has 1 aromatic rings. The summed E-state index contributed by atoms with van der Waals surface area (Å²) in [5, 5.41) is 14.8. The summed E-state index contributed by atoms with van der Waals surface area (Å²) < 4.78 is 19.2. The Hall–Kier alpha value is -1.37. The van der Waals surface area contributed by atoms with Gasteiger partial charge in [0.25, 0.3) is 0 Å². The molecule has 23 heavy (non-hydrogen) atoms. The van der Waals surface area contributed by atoms with Crippen molar-refractivity contribution in [1.82, 2.24) is 10.6 Å². The van der Waals surface area contributed by atoms with Crippen LogP contribution in [0.4, 0.5) is 9.18 Å². The SMILES string of the molecule is CC(CO)C(C)NC(=O)NC1CCOC1c1ccc(Cl)c(F)c1. The molecule has 1 aliphatic rings. The van der Waals surface area contributed by atoms with Gasteiger partial charge in [-0.25, -0.2) is 9.18 Å². The third-order valence-electron chi connectivity index (χ3n) is 4.18. The molecule has 4 unspecified atom stereocenters. The van der Waals surface area contributed by atoms with E-state index in [9.17, 15) is 9.18 Å². The fourth-order valence-electron chi connectivity index (χ4n) is 2.47. The molecule has 0 radical (unpaired) electrons. The number of aliphatic hydroxyl groups is 1. The first-order chi connectivity index (χ1) is 10.9. The Balaban J connectivity index is 1.98. The van der Waals surface area contributed by atoms with Crippen molar-refractivity contribution in [2.24, 2.45) is 5.92 Å². The number of hydrogen-bond donors (Lipinski definition) is 3. The lowest BCUT2D eigenvalue weighted by atomic mass is 10.0. The summed E-state index contributed by atoms with van der Waals surface area (Å²) >= 11 is 5.69. The maximum absolute atomic E-state index is 13.6. The van der Waals surface area contributed by atoms with Crippen LogP contribution in [0.15, 0.2) is 18.2 Å². The molecular formula is C16H22ClFN2O3. The summed E-state index contributed by atoms with van der Waals surface area (Å²) in [4.78, 5) is 12.1. The highest BCUT2D eigenvalue weighted by Gasteiger charge is 2.31. The van der Waals surface area contributed by atoms with Crippen molar-refractivity contribution >= 4 is 17.6 Å². The Morgan fingerprint density at radius 3 is 2.91 bits per heavy atom. The second-order valence-electron chi connectivity index (χ2n) is 5.93. The molecule has 0 saturated carbocycles. The summed E-state index contributed by atoms with van der Waals surface area (Å²) in [6.07, 6.45) is 0.241. The van der Waals surface area contributed by atoms with Crippen molar-refractivity contribution in [1.29, 1.82) is 0 Å². The molecule has 1 saturated heterocycles. The van der Waals surface area contributed by atoms with Crippen LogP contribution < -0.4 is 10.6 Å². The van der Waals surface area contributed by atoms with Gasteiger partial charge in [-0.2, -0.15) is 0 Å². The van der Waals surface area contributed by atoms with Gasteiger partial charge in [0.05, 0.1) is 11.1 Å². The number of benzene rings is 1. The predicted octanol–water partition coefficient (Wildman–Crippen LogP) is 2.63. The zero-order valence-corrected chi connectivity index (χ0v) is 13.9. The number of urea groups is 1. The van der Waals surface area contributed by atoms with E-state index in [4.69, 9.17) is 21.4 Å². The first kappa shape index (κ1) is 18.0. The van der Waals surface area contributed by atoms with Crippen molar-refractivity contribution in [3.63, 3.8) is 0 Å². The van der Waals surface area contributed by atoms with E-state index in [0.29, 0.717) is 18.6 Å². The van der Waals surface area contributed by atoms with Crippen LogP contribution in [-0.4, -0.2) is 36.4 Å². The van der Waals surface area contributed by atoms with E-state index in [-0.39, 0.29) is 35.7 Å². The molecule has 1 heterocycles. The van der Waals surface area contributed by atoms with Crippen molar-refractivity contribution in [2.75, 3.05) is 13.2 Å². The van der Waals surface area contributed by atoms with E-state index in [1.807, 2.05) is 13.8 Å². The van der Waals surface area contributed by atoms with Crippen LogP contribution in [0.25, 0.3) is 0 Å². The summed E-state index contributed by atoms with van der Waals surface area (Å²) in [6.45, 7) is 4.17. The Bertz CT molecular complexity index is 558. The summed E-state index contributed by atoms with van der Waals surface area (Å²) in [7, 11) is 0. The molecule has 0 spiro atoms. The number of aliphatic hydroxyl groups excluding tert-OH is 1. The van der Waals surface area contributed by atoms with Gasteiger partial charge in [0.1, 0.15) is 11.9 Å². The first-order valence-electron chi connectivity index (χ1n) is 7.66. The highest BCUT2D eigenvalue weighted by molar-refractivity contribution is 6.30. The topological polar surface area (TPSA) is 70.6 Å². The van der Waals surface area contributed by atoms with E-state index in [1.54, 1.807) is 6.07 Å². The molecule has 1 aromatic carbocycles. The van der Waals surface area contributed by atoms with Crippen LogP contribution in [0.1, 0.15) is 31.9 Å². The lowest BCUT2D eigenvalue weighted by Crippen LogP contribution is -2.48. The van der Waals surface area contributed by atoms with Crippen LogP contribution in [0.5, 0.6) is 0 Å². The molecule has 4 atom stereocenters. The van der Waals surface area contributed by atoms with E-state index in [1.165, 1.54) is 12.1 Å². The van der Waals surface area contributed by atoms with Gasteiger partial charge < -0.3 is 20.5 Å². The van der Waals surface area contributed by atoms with Gasteiger partial charge in [0, 0.05) is 19.3 Å². The van der Waals surface area contributed by atoms with Crippen LogP contribution >= 0.6 is 11.6 Å². The summed E-state index contributed by atoms with van der Waals surface area (Å²) in [6, 6.07) is 3.79. The van der Waals surface area contributed by atoms with E-state index in [0.717, 1.165) is 0 Å². The van der Waals surface area contributed by atoms with Gasteiger partial charge in [-0.05, 0) is 37.0 Å². The van der Waals surface area contributed by atoms with E-state index >= 15 is 0 Å². The molecule has 0 aliphatic carbocycles. The number of rotatable bonds is 5. The Labute approximate surface area is 140 Å². The minimum Gasteiger partial charge on any atom is -0.396 e. The maximum Gasteiger partial charge on any atom is 0.315 e. The largest absolute Gasteiger partial charge is 0.396 e. The summed E-state index contributed by atoms with van der Waals surface area (Å²) in [5.74, 6) is -0.546. The van der Waals surface area contributed by atoms with Crippen molar-refractivity contribution < 1.29 is 19.0 Å². The molecule has 128 valence electrons. The van der Waals surface area contributed by atoms with Gasteiger partial charge in [-0.15, -0.1) is 0 Å². The van der Waals surface area contributed by atoms with E-state index in [2.05, 4.69) is 10.6 Å². The second kappa shape index (κ2) is 7.95. The minimum atomic E-state index is -0.506. The zero-order chi connectivity index (χ0) is 17.0. The number of ether oxygens (including phenoxy) is 1. The van der Waals surface area contributed by atoms with Gasteiger partial charge in [0.2, 0.25) is 0 Å². The number of carbonyl (C=O) groups excluding carboxylic acids is 1. The van der Waals surface area contributed by atoms with Gasteiger partial charge in [0.15, 0.2) is 0 Å². The van der Waals surface area contributed by atoms with Crippen LogP contribution in [0, 0.1) is 11.7 Å². The van der Waals surface area contributed by atoms with Gasteiger partial charge >= 0.3 is 6.03 Å². The number of amides is 2. The zero-order valence-electron chi connectivity index (χ0n) is 13.2. The minimum absolute atomic E-state index is 0.000658. The van der Waals surface area contributed by atoms with Gasteiger partial charge in [-0.1, -0.05) is 24.6 Å². The predicted molar refractivity (Wildman–Crippen MR) is 85.9 cm³/mol. The molecule has 1 aliphatic heterocycles. The molecule has 3 N–H and O–H groups in total. The third kappa shape index (κ3) is 4.56. The molecule has 5 nitrogen and oxygen atoms in total. The Morgan fingerprint density at radius 1 is 1.52 bits per heavy atom. The monoisotopic (exact) mass is 344 g/mol. The fraction of sp³-hybridized carbons (Fsp3) is 0.562. The molecule has 2 rings (SSSR count). The van der Waals surface area contributed by atoms with E-state index < -0.39 is 11.9 Å². The highest BCUT2D eigenvalue weighted by Crippen LogP contribution is 2.31. The van der Waals surface area contributed by atoms with Crippen LogP contribution in [0.2, 0.25) is 5.02 Å². The molecule has 7 heteroatoms. The number of halogens is 2. The standard InChI is InChI=1S/C16H22ClFN2O3/c1-9(8-21)10(2)19-16(22)20-14-5-6-23-15(14)11-3-4-12(17)13(18)7-11/h3-4,7,9-10,14-15,21H,5-6,8H2,1-2H3,(H2,19,20,22). The number of carbonyl (C=O) groups is 1. The average molecular weight is 345 g/mol. The number of hydrogen-bond acceptors (Lipinski definition) is 3. The molecule has 0 aromatic heterocycles. The Kier molecular flexibility index (Phi) is 6.21. The third-order valence-corrected chi connectivity index (χ3v) is 4.49. The average Bonchev–Trinajstić information content (AvgIpc) is 2.97. The lowest BCUT2D eigenvalue weighted by Gasteiger charge is -2.24. The quantitative estimate of drug-likeness (QED) is 0.769. The molecule has 1 fully saturated rings. The number of nitrogens with one attached hydrogen (secondary N) is 2.